The van der Waals surface area contributed by atoms with Crippen LogP contribution in [0.3, 0.4) is 0 Å². The average molecular weight is 437 g/mol. The van der Waals surface area contributed by atoms with E-state index in [9.17, 15) is 9.59 Å². The first-order chi connectivity index (χ1) is 13.3. The molecule has 0 aliphatic heterocycles. The zero-order valence-corrected chi connectivity index (χ0v) is 17.7. The first-order valence-electron chi connectivity index (χ1n) is 8.79. The van der Waals surface area contributed by atoms with Crippen molar-refractivity contribution in [3.63, 3.8) is 0 Å². The first-order valence-corrected chi connectivity index (χ1v) is 10.4. The summed E-state index contributed by atoms with van der Waals surface area (Å²) >= 11 is 13.5. The Kier molecular flexibility index (Phi) is 5.07. The zero-order valence-electron chi connectivity index (χ0n) is 15.4. The smallest absolute Gasteiger partial charge is 0.308 e. The lowest BCUT2D eigenvalue weighted by Gasteiger charge is -2.17. The van der Waals surface area contributed by atoms with Gasteiger partial charge in [-0.2, -0.15) is 0 Å². The lowest BCUT2D eigenvalue weighted by molar-refractivity contribution is -0.131. The number of carbonyl (C=O) groups is 1. The third-order valence-corrected chi connectivity index (χ3v) is 6.57. The summed E-state index contributed by atoms with van der Waals surface area (Å²) in [7, 11) is 1.69. The SMILES string of the molecule is Cc1cc2[nH]c(CN(C)C(=O)Cn3c4c(sc3=O)CCC(Cl)=C4)nc2cc1Cl. The molecule has 0 unspecified atom stereocenters. The fourth-order valence-corrected chi connectivity index (χ4v) is 4.56. The number of fused-ring (bicyclic) bond motifs is 2. The number of halogens is 2. The standard InChI is InChI=1S/C19H18Cl2N4O2S/c1-10-5-13-14(7-12(10)21)23-17(22-13)8-24(2)18(26)9-25-15-6-11(20)3-4-16(15)28-19(25)27/h5-7H,3-4,8-9H2,1-2H3,(H,22,23). The maximum Gasteiger partial charge on any atom is 0.308 e. The summed E-state index contributed by atoms with van der Waals surface area (Å²) in [6, 6.07) is 3.74. The van der Waals surface area contributed by atoms with E-state index in [1.807, 2.05) is 13.0 Å². The molecule has 9 heteroatoms. The number of benzene rings is 1. The molecule has 0 radical (unpaired) electrons. The van der Waals surface area contributed by atoms with Crippen molar-refractivity contribution >= 4 is 57.6 Å². The van der Waals surface area contributed by atoms with Crippen molar-refractivity contribution in [2.45, 2.75) is 32.9 Å². The van der Waals surface area contributed by atoms with Gasteiger partial charge in [-0.1, -0.05) is 34.5 Å². The second kappa shape index (κ2) is 7.39. The fraction of sp³-hybridized carbons (Fsp3) is 0.316. The minimum atomic E-state index is -0.174. The van der Waals surface area contributed by atoms with Gasteiger partial charge in [-0.25, -0.2) is 4.98 Å². The Balaban J connectivity index is 1.52. The second-order valence-electron chi connectivity index (χ2n) is 6.91. The third-order valence-electron chi connectivity index (χ3n) is 4.81. The van der Waals surface area contributed by atoms with Crippen LogP contribution in [-0.4, -0.2) is 32.4 Å². The number of allylic oxidation sites excluding steroid dienone is 1. The summed E-state index contributed by atoms with van der Waals surface area (Å²) in [6.45, 7) is 2.22. The quantitative estimate of drug-likeness (QED) is 0.673. The molecule has 3 aromatic rings. The molecule has 0 atom stereocenters. The molecule has 4 rings (SSSR count). The third kappa shape index (κ3) is 3.62. The minimum absolute atomic E-state index is 0.0208. The Hall–Kier alpha value is -2.09. The highest BCUT2D eigenvalue weighted by Gasteiger charge is 2.21. The Morgan fingerprint density at radius 1 is 1.36 bits per heavy atom. The summed E-state index contributed by atoms with van der Waals surface area (Å²) in [6.07, 6.45) is 3.26. The summed E-state index contributed by atoms with van der Waals surface area (Å²) in [5.74, 6) is 0.489. The van der Waals surface area contributed by atoms with Gasteiger partial charge in [-0.3, -0.25) is 14.2 Å². The summed E-state index contributed by atoms with van der Waals surface area (Å²) in [4.78, 5) is 35.2. The lowest BCUT2D eigenvalue weighted by atomic mass is 10.1. The maximum absolute atomic E-state index is 12.7. The summed E-state index contributed by atoms with van der Waals surface area (Å²) in [5, 5.41) is 1.36. The van der Waals surface area contributed by atoms with Crippen LogP contribution >= 0.6 is 34.5 Å². The number of aryl methyl sites for hydroxylation is 2. The van der Waals surface area contributed by atoms with Crippen LogP contribution in [-0.2, 0) is 24.3 Å². The van der Waals surface area contributed by atoms with Crippen LogP contribution in [0.15, 0.2) is 22.0 Å². The number of imidazole rings is 1. The molecule has 1 amide bonds. The molecular formula is C19H18Cl2N4O2S. The molecular weight excluding hydrogens is 419 g/mol. The normalized spacial score (nSPS) is 13.5. The number of carbonyl (C=O) groups excluding carboxylic acids is 1. The van der Waals surface area contributed by atoms with Crippen LogP contribution in [0, 0.1) is 6.92 Å². The average Bonchev–Trinajstić information content (AvgIpc) is 3.15. The number of aromatic nitrogens is 3. The van der Waals surface area contributed by atoms with Gasteiger partial charge >= 0.3 is 4.87 Å². The highest BCUT2D eigenvalue weighted by atomic mass is 35.5. The van der Waals surface area contributed by atoms with E-state index in [0.29, 0.717) is 22.4 Å². The van der Waals surface area contributed by atoms with E-state index < -0.39 is 0 Å². The Morgan fingerprint density at radius 2 is 2.14 bits per heavy atom. The van der Waals surface area contributed by atoms with Crippen LogP contribution < -0.4 is 4.87 Å². The number of amides is 1. The number of thiazole rings is 1. The van der Waals surface area contributed by atoms with E-state index in [4.69, 9.17) is 23.2 Å². The number of nitrogens with zero attached hydrogens (tertiary/aromatic N) is 3. The number of likely N-dealkylation sites (N-methyl/N-ethyl adjacent to an activating group) is 1. The Labute approximate surface area is 175 Å². The van der Waals surface area contributed by atoms with Crippen LogP contribution in [0.5, 0.6) is 0 Å². The van der Waals surface area contributed by atoms with Gasteiger partial charge in [0, 0.05) is 22.0 Å². The van der Waals surface area contributed by atoms with Crippen LogP contribution in [0.1, 0.15) is 28.4 Å². The van der Waals surface area contributed by atoms with E-state index in [-0.39, 0.29) is 17.3 Å². The molecule has 0 saturated carbocycles. The molecule has 0 fully saturated rings. The molecule has 2 heterocycles. The van der Waals surface area contributed by atoms with Crippen LogP contribution in [0.4, 0.5) is 0 Å². The molecule has 1 aliphatic rings. The van der Waals surface area contributed by atoms with E-state index in [1.165, 1.54) is 15.9 Å². The van der Waals surface area contributed by atoms with Gasteiger partial charge in [0.1, 0.15) is 12.4 Å². The monoisotopic (exact) mass is 436 g/mol. The van der Waals surface area contributed by atoms with Gasteiger partial charge < -0.3 is 9.88 Å². The van der Waals surface area contributed by atoms with Crippen molar-refractivity contribution in [3.05, 3.63) is 53.8 Å². The van der Waals surface area contributed by atoms with Gasteiger partial charge in [0.25, 0.3) is 0 Å². The summed E-state index contributed by atoms with van der Waals surface area (Å²) in [5.41, 5.74) is 3.35. The van der Waals surface area contributed by atoms with Crippen LogP contribution in [0.25, 0.3) is 17.1 Å². The van der Waals surface area contributed by atoms with Gasteiger partial charge in [0.2, 0.25) is 5.91 Å². The minimum Gasteiger partial charge on any atom is -0.340 e. The molecule has 146 valence electrons. The first kappa shape index (κ1) is 19.2. The number of rotatable bonds is 4. The molecule has 0 spiro atoms. The van der Waals surface area contributed by atoms with E-state index >= 15 is 0 Å². The summed E-state index contributed by atoms with van der Waals surface area (Å²) < 4.78 is 1.50. The highest BCUT2D eigenvalue weighted by Crippen LogP contribution is 2.28. The van der Waals surface area contributed by atoms with Crippen molar-refractivity contribution < 1.29 is 4.79 Å². The molecule has 0 saturated heterocycles. The second-order valence-corrected chi connectivity index (χ2v) is 8.84. The van der Waals surface area contributed by atoms with Crippen molar-refractivity contribution in [1.82, 2.24) is 19.4 Å². The molecule has 6 nitrogen and oxygen atoms in total. The van der Waals surface area contributed by atoms with Crippen molar-refractivity contribution in [1.29, 1.82) is 0 Å². The van der Waals surface area contributed by atoms with Gasteiger partial charge in [-0.05, 0) is 43.5 Å². The van der Waals surface area contributed by atoms with Gasteiger partial charge in [0.05, 0.1) is 23.3 Å². The topological polar surface area (TPSA) is 71.0 Å². The van der Waals surface area contributed by atoms with Crippen molar-refractivity contribution in [2.75, 3.05) is 7.05 Å². The number of hydrogen-bond acceptors (Lipinski definition) is 4. The Bertz CT molecular complexity index is 1140. The number of nitrogens with one attached hydrogen (secondary N) is 1. The van der Waals surface area contributed by atoms with E-state index in [1.54, 1.807) is 24.1 Å². The highest BCUT2D eigenvalue weighted by molar-refractivity contribution is 7.09. The predicted octanol–water partition coefficient (Wildman–Crippen LogP) is 3.93. The number of hydrogen-bond donors (Lipinski definition) is 1. The molecule has 1 aliphatic carbocycles. The lowest BCUT2D eigenvalue weighted by Crippen LogP contribution is -2.33. The zero-order chi connectivity index (χ0) is 20.0. The molecule has 1 N–H and O–H groups in total. The van der Waals surface area contributed by atoms with Crippen molar-refractivity contribution in [2.24, 2.45) is 0 Å². The van der Waals surface area contributed by atoms with Crippen molar-refractivity contribution in [3.8, 4) is 0 Å². The molecule has 2 aromatic heterocycles. The number of H-pyrrole nitrogens is 1. The van der Waals surface area contributed by atoms with E-state index in [0.717, 1.165) is 40.0 Å². The fourth-order valence-electron chi connectivity index (χ4n) is 3.24. The maximum atomic E-state index is 12.7. The molecule has 28 heavy (non-hydrogen) atoms. The van der Waals surface area contributed by atoms with Gasteiger partial charge in [0.15, 0.2) is 0 Å². The largest absolute Gasteiger partial charge is 0.340 e. The van der Waals surface area contributed by atoms with Crippen LogP contribution in [0.2, 0.25) is 5.02 Å². The predicted molar refractivity (Wildman–Crippen MR) is 113 cm³/mol. The Morgan fingerprint density at radius 3 is 2.93 bits per heavy atom. The molecule has 1 aromatic carbocycles. The van der Waals surface area contributed by atoms with Gasteiger partial charge in [-0.15, -0.1) is 0 Å². The van der Waals surface area contributed by atoms with E-state index in [2.05, 4.69) is 9.97 Å². The number of aromatic amines is 1. The molecule has 0 bridgehead atoms.